The van der Waals surface area contributed by atoms with E-state index >= 15 is 4.39 Å². The molecule has 0 unspecified atom stereocenters. The second-order valence-electron chi connectivity index (χ2n) is 6.43. The smallest absolute Gasteiger partial charge is 0.342 e. The SMILES string of the molecule is CCOC(=O)c1c(Cl)nc2c(F)c(-c3nccc4cccc(C#N)c34)c(Cl)cc2c1Cl. The summed E-state index contributed by atoms with van der Waals surface area (Å²) >= 11 is 18.9. The van der Waals surface area contributed by atoms with Crippen LogP contribution in [-0.2, 0) is 4.74 Å². The van der Waals surface area contributed by atoms with Gasteiger partial charge < -0.3 is 4.74 Å². The molecule has 154 valence electrons. The van der Waals surface area contributed by atoms with Gasteiger partial charge in [0.2, 0.25) is 0 Å². The highest BCUT2D eigenvalue weighted by molar-refractivity contribution is 6.43. The molecule has 5 nitrogen and oxygen atoms in total. The van der Waals surface area contributed by atoms with Gasteiger partial charge in [-0.15, -0.1) is 0 Å². The first kappa shape index (κ1) is 21.3. The van der Waals surface area contributed by atoms with E-state index in [4.69, 9.17) is 39.5 Å². The third kappa shape index (κ3) is 3.45. The third-order valence-electron chi connectivity index (χ3n) is 4.69. The average molecular weight is 475 g/mol. The molecule has 0 N–H and O–H groups in total. The first-order valence-corrected chi connectivity index (χ1v) is 10.1. The van der Waals surface area contributed by atoms with E-state index < -0.39 is 11.8 Å². The lowest BCUT2D eigenvalue weighted by atomic mass is 9.98. The Kier molecular flexibility index (Phi) is 5.67. The van der Waals surface area contributed by atoms with E-state index in [2.05, 4.69) is 16.0 Å². The molecule has 0 aliphatic carbocycles. The molecule has 0 fully saturated rings. The maximum atomic E-state index is 15.7. The Bertz CT molecular complexity index is 1430. The zero-order valence-corrected chi connectivity index (χ0v) is 18.1. The van der Waals surface area contributed by atoms with Gasteiger partial charge in [-0.05, 0) is 30.5 Å². The van der Waals surface area contributed by atoms with Crippen molar-refractivity contribution in [2.24, 2.45) is 0 Å². The molecule has 4 rings (SSSR count). The fourth-order valence-corrected chi connectivity index (χ4v) is 4.27. The number of halogens is 4. The number of pyridine rings is 2. The van der Waals surface area contributed by atoms with E-state index in [1.54, 1.807) is 31.2 Å². The number of nitriles is 1. The van der Waals surface area contributed by atoms with Gasteiger partial charge in [0, 0.05) is 17.0 Å². The fourth-order valence-electron chi connectivity index (χ4n) is 3.37. The molecule has 0 spiro atoms. The summed E-state index contributed by atoms with van der Waals surface area (Å²) < 4.78 is 20.7. The van der Waals surface area contributed by atoms with Gasteiger partial charge in [0.15, 0.2) is 5.82 Å². The monoisotopic (exact) mass is 473 g/mol. The van der Waals surface area contributed by atoms with Crippen LogP contribution in [0.2, 0.25) is 15.2 Å². The number of fused-ring (bicyclic) bond motifs is 2. The van der Waals surface area contributed by atoms with Crippen LogP contribution in [0.4, 0.5) is 4.39 Å². The molecule has 0 amide bonds. The first-order valence-electron chi connectivity index (χ1n) is 9.01. The molecule has 31 heavy (non-hydrogen) atoms. The Morgan fingerprint density at radius 1 is 1.26 bits per heavy atom. The topological polar surface area (TPSA) is 75.9 Å². The lowest BCUT2D eigenvalue weighted by Gasteiger charge is -2.14. The maximum Gasteiger partial charge on any atom is 0.342 e. The Balaban J connectivity index is 2.08. The minimum absolute atomic E-state index is 0.0152. The number of carbonyl (C=O) groups is 1. The summed E-state index contributed by atoms with van der Waals surface area (Å²) in [7, 11) is 0. The molecule has 0 saturated heterocycles. The van der Waals surface area contributed by atoms with Gasteiger partial charge in [-0.2, -0.15) is 5.26 Å². The van der Waals surface area contributed by atoms with Crippen LogP contribution < -0.4 is 0 Å². The summed E-state index contributed by atoms with van der Waals surface area (Å²) in [5, 5.41) is 10.3. The first-order chi connectivity index (χ1) is 14.9. The van der Waals surface area contributed by atoms with Crippen molar-refractivity contribution in [2.45, 2.75) is 6.92 Å². The quantitative estimate of drug-likeness (QED) is 0.247. The summed E-state index contributed by atoms with van der Waals surface area (Å²) in [6.07, 6.45) is 1.50. The van der Waals surface area contributed by atoms with Crippen LogP contribution in [-0.4, -0.2) is 22.5 Å². The van der Waals surface area contributed by atoms with Crippen molar-refractivity contribution in [3.05, 3.63) is 68.7 Å². The molecule has 0 aliphatic rings. The molecule has 0 aliphatic heterocycles. The van der Waals surface area contributed by atoms with Gasteiger partial charge in [0.25, 0.3) is 0 Å². The van der Waals surface area contributed by atoms with E-state index in [0.29, 0.717) is 16.3 Å². The molecule has 2 heterocycles. The Morgan fingerprint density at radius 2 is 2.03 bits per heavy atom. The Labute approximate surface area is 190 Å². The van der Waals surface area contributed by atoms with Crippen LogP contribution in [0.15, 0.2) is 36.5 Å². The van der Waals surface area contributed by atoms with Crippen LogP contribution >= 0.6 is 34.8 Å². The van der Waals surface area contributed by atoms with E-state index in [9.17, 15) is 10.1 Å². The normalized spacial score (nSPS) is 11.0. The second kappa shape index (κ2) is 8.27. The molecule has 2 aromatic heterocycles. The van der Waals surface area contributed by atoms with Gasteiger partial charge in [0.1, 0.15) is 16.2 Å². The number of ether oxygens (including phenoxy) is 1. The van der Waals surface area contributed by atoms with Gasteiger partial charge in [-0.3, -0.25) is 4.98 Å². The zero-order chi connectivity index (χ0) is 22.3. The van der Waals surface area contributed by atoms with Gasteiger partial charge in [-0.25, -0.2) is 14.2 Å². The highest BCUT2D eigenvalue weighted by Crippen LogP contribution is 2.41. The highest BCUT2D eigenvalue weighted by Gasteiger charge is 2.26. The van der Waals surface area contributed by atoms with Gasteiger partial charge in [0.05, 0.1) is 39.5 Å². The predicted octanol–water partition coefficient (Wildman–Crippen LogP) is 6.60. The van der Waals surface area contributed by atoms with Crippen molar-refractivity contribution in [3.8, 4) is 17.3 Å². The summed E-state index contributed by atoms with van der Waals surface area (Å²) in [5.74, 6) is -1.60. The number of carbonyl (C=O) groups excluding carboxylic acids is 1. The molecule has 0 bridgehead atoms. The second-order valence-corrected chi connectivity index (χ2v) is 7.57. The van der Waals surface area contributed by atoms with E-state index in [-0.39, 0.29) is 49.5 Å². The van der Waals surface area contributed by atoms with Crippen molar-refractivity contribution in [2.75, 3.05) is 6.61 Å². The maximum absolute atomic E-state index is 15.7. The van der Waals surface area contributed by atoms with Gasteiger partial charge >= 0.3 is 5.97 Å². The summed E-state index contributed by atoms with van der Waals surface area (Å²) in [6.45, 7) is 1.73. The van der Waals surface area contributed by atoms with Crippen molar-refractivity contribution < 1.29 is 13.9 Å². The minimum Gasteiger partial charge on any atom is -0.462 e. The van der Waals surface area contributed by atoms with Crippen molar-refractivity contribution in [1.82, 2.24) is 9.97 Å². The highest BCUT2D eigenvalue weighted by atomic mass is 35.5. The number of hydrogen-bond donors (Lipinski definition) is 0. The number of nitrogens with zero attached hydrogens (tertiary/aromatic N) is 3. The minimum atomic E-state index is -0.825. The van der Waals surface area contributed by atoms with Crippen molar-refractivity contribution in [3.63, 3.8) is 0 Å². The standard InChI is InChI=1S/C22H11Cl3FN3O2/c1-2-31-22(30)16-17(24)12-8-13(23)15(18(26)19(12)29-21(16)25)20-14-10(6-7-28-20)4-3-5-11(14)9-27/h3-8H,2H2,1H3. The van der Waals surface area contributed by atoms with E-state index in [1.807, 2.05) is 0 Å². The van der Waals surface area contributed by atoms with Gasteiger partial charge in [-0.1, -0.05) is 46.9 Å². The largest absolute Gasteiger partial charge is 0.462 e. The number of rotatable bonds is 3. The molecular weight excluding hydrogens is 464 g/mol. The Morgan fingerprint density at radius 3 is 2.74 bits per heavy atom. The molecular formula is C22H11Cl3FN3O2. The van der Waals surface area contributed by atoms with E-state index in [1.165, 1.54) is 12.3 Å². The molecule has 0 saturated carbocycles. The van der Waals surface area contributed by atoms with E-state index in [0.717, 1.165) is 0 Å². The predicted molar refractivity (Wildman–Crippen MR) is 118 cm³/mol. The number of esters is 1. The third-order valence-corrected chi connectivity index (χ3v) is 5.66. The van der Waals surface area contributed by atoms with Crippen LogP contribution in [0.25, 0.3) is 32.9 Å². The summed E-state index contributed by atoms with van der Waals surface area (Å²) in [6, 6.07) is 10.3. The number of benzene rings is 2. The number of hydrogen-bond acceptors (Lipinski definition) is 5. The molecule has 0 radical (unpaired) electrons. The summed E-state index contributed by atoms with van der Waals surface area (Å²) in [5.41, 5.74) is 0.0954. The average Bonchev–Trinajstić information content (AvgIpc) is 2.74. The van der Waals surface area contributed by atoms with Crippen LogP contribution in [0.5, 0.6) is 0 Å². The zero-order valence-electron chi connectivity index (χ0n) is 15.8. The molecule has 2 aromatic carbocycles. The van der Waals surface area contributed by atoms with Crippen molar-refractivity contribution in [1.29, 1.82) is 5.26 Å². The molecule has 4 aromatic rings. The molecule has 0 atom stereocenters. The van der Waals surface area contributed by atoms with Crippen LogP contribution in [0.1, 0.15) is 22.8 Å². The van der Waals surface area contributed by atoms with Crippen LogP contribution in [0, 0.1) is 17.1 Å². The Hall–Kier alpha value is -2.98. The lowest BCUT2D eigenvalue weighted by molar-refractivity contribution is 0.0526. The van der Waals surface area contributed by atoms with Crippen LogP contribution in [0.3, 0.4) is 0 Å². The summed E-state index contributed by atoms with van der Waals surface area (Å²) in [4.78, 5) is 20.5. The van der Waals surface area contributed by atoms with Crippen molar-refractivity contribution >= 4 is 62.4 Å². The lowest BCUT2D eigenvalue weighted by Crippen LogP contribution is -2.08. The molecule has 9 heteroatoms. The number of aromatic nitrogens is 2. The fraction of sp³-hybridized carbons (Fsp3) is 0.0909.